The van der Waals surface area contributed by atoms with E-state index in [1.54, 1.807) is 13.3 Å². The summed E-state index contributed by atoms with van der Waals surface area (Å²) in [4.78, 5) is 8.52. The van der Waals surface area contributed by atoms with E-state index in [-0.39, 0.29) is 12.0 Å². The number of nitrogens with one attached hydrogen (secondary N) is 1. The van der Waals surface area contributed by atoms with Crippen LogP contribution in [0.2, 0.25) is 0 Å². The van der Waals surface area contributed by atoms with Gasteiger partial charge in [0.2, 0.25) is 0 Å². The van der Waals surface area contributed by atoms with Gasteiger partial charge in [-0.25, -0.2) is 0 Å². The first kappa shape index (κ1) is 29.8. The first-order valence-electron chi connectivity index (χ1n) is 14.4. The Morgan fingerprint density at radius 3 is 2.33 bits per heavy atom. The van der Waals surface area contributed by atoms with Crippen molar-refractivity contribution in [3.05, 3.63) is 103 Å². The summed E-state index contributed by atoms with van der Waals surface area (Å²) in [5, 5.41) is 14.9. The van der Waals surface area contributed by atoms with Gasteiger partial charge in [0.25, 0.3) is 0 Å². The lowest BCUT2D eigenvalue weighted by Crippen LogP contribution is -2.32. The molecule has 2 N–H and O–H groups in total. The molecule has 5 rings (SSSR count). The Morgan fingerprint density at radius 2 is 1.63 bits per heavy atom. The maximum atomic E-state index is 10.6. The minimum absolute atomic E-state index is 0.114. The van der Waals surface area contributed by atoms with Gasteiger partial charge in [-0.15, -0.1) is 0 Å². The van der Waals surface area contributed by atoms with Gasteiger partial charge in [0, 0.05) is 67.8 Å². The van der Waals surface area contributed by atoms with Gasteiger partial charge in [-0.1, -0.05) is 32.9 Å². The van der Waals surface area contributed by atoms with E-state index in [1.807, 2.05) is 84.0 Å². The number of pyridine rings is 1. The molecule has 2 heterocycles. The van der Waals surface area contributed by atoms with E-state index in [4.69, 9.17) is 14.2 Å². The highest BCUT2D eigenvalue weighted by Crippen LogP contribution is 2.37. The van der Waals surface area contributed by atoms with Crippen LogP contribution in [0.5, 0.6) is 23.0 Å². The van der Waals surface area contributed by atoms with Crippen molar-refractivity contribution >= 4 is 22.3 Å². The van der Waals surface area contributed by atoms with Crippen LogP contribution < -0.4 is 19.5 Å². The van der Waals surface area contributed by atoms with Gasteiger partial charge in [0.05, 0.1) is 12.6 Å². The van der Waals surface area contributed by atoms with E-state index in [9.17, 15) is 5.11 Å². The van der Waals surface area contributed by atoms with Crippen LogP contribution in [0, 0.1) is 0 Å². The largest absolute Gasteiger partial charge is 0.493 e. The molecule has 1 aliphatic heterocycles. The van der Waals surface area contributed by atoms with Gasteiger partial charge < -0.3 is 34.4 Å². The van der Waals surface area contributed by atoms with Gasteiger partial charge in [-0.3, -0.25) is 4.98 Å². The van der Waals surface area contributed by atoms with Crippen molar-refractivity contribution in [2.75, 3.05) is 39.2 Å². The highest BCUT2D eigenvalue weighted by Gasteiger charge is 2.16. The Kier molecular flexibility index (Phi) is 9.07. The van der Waals surface area contributed by atoms with Gasteiger partial charge in [-0.2, -0.15) is 0 Å². The third-order valence-electron chi connectivity index (χ3n) is 7.18. The minimum Gasteiger partial charge on any atom is -0.493 e. The molecule has 0 radical (unpaired) electrons. The van der Waals surface area contributed by atoms with Crippen LogP contribution in [0.15, 0.2) is 97.6 Å². The summed E-state index contributed by atoms with van der Waals surface area (Å²) in [6, 6.07) is 21.9. The van der Waals surface area contributed by atoms with Crippen LogP contribution >= 0.6 is 0 Å². The van der Waals surface area contributed by atoms with E-state index in [0.29, 0.717) is 41.6 Å². The molecule has 1 aromatic heterocycles. The monoisotopic (exact) mass is 580 g/mol. The number of benzene rings is 3. The molecule has 0 amide bonds. The van der Waals surface area contributed by atoms with E-state index in [1.165, 1.54) is 5.56 Å². The third-order valence-corrected chi connectivity index (χ3v) is 7.18. The van der Waals surface area contributed by atoms with Gasteiger partial charge in [-0.05, 0) is 65.6 Å². The molecule has 8 heteroatoms. The first-order chi connectivity index (χ1) is 20.7. The maximum Gasteiger partial charge on any atom is 0.163 e. The number of β-amino-alcohol motifs (C(OH)–C–C–N with tert-alkyl or cyclic N) is 1. The Bertz CT molecular complexity index is 1580. The van der Waals surface area contributed by atoms with Gasteiger partial charge in [0.15, 0.2) is 11.5 Å². The molecule has 224 valence electrons. The molecule has 0 spiro atoms. The molecule has 0 aliphatic carbocycles. The number of nitrogens with zero attached hydrogens (tertiary/aromatic N) is 3. The second-order valence-corrected chi connectivity index (χ2v) is 11.7. The fourth-order valence-corrected chi connectivity index (χ4v) is 4.75. The lowest BCUT2D eigenvalue weighted by atomic mass is 9.87. The summed E-state index contributed by atoms with van der Waals surface area (Å²) in [7, 11) is 3.56. The first-order valence-corrected chi connectivity index (χ1v) is 14.4. The average Bonchev–Trinajstić information content (AvgIpc) is 3.20. The Morgan fingerprint density at radius 1 is 0.907 bits per heavy atom. The Hall–Kier alpha value is -4.69. The van der Waals surface area contributed by atoms with Gasteiger partial charge >= 0.3 is 0 Å². The second kappa shape index (κ2) is 13.1. The number of hydrogen-bond acceptors (Lipinski definition) is 8. The number of aliphatic hydroxyl groups is 1. The molecule has 43 heavy (non-hydrogen) atoms. The van der Waals surface area contributed by atoms with E-state index in [2.05, 4.69) is 55.3 Å². The average molecular weight is 581 g/mol. The molecule has 4 aromatic rings. The summed E-state index contributed by atoms with van der Waals surface area (Å²) in [5.41, 5.74) is 4.12. The highest BCUT2D eigenvalue weighted by atomic mass is 16.5. The number of aliphatic hydroxyl groups excluding tert-OH is 1. The predicted octanol–water partition coefficient (Wildman–Crippen LogP) is 7.05. The summed E-state index contributed by atoms with van der Waals surface area (Å²) in [5.74, 6) is 2.40. The summed E-state index contributed by atoms with van der Waals surface area (Å²) < 4.78 is 17.9. The van der Waals surface area contributed by atoms with Crippen molar-refractivity contribution in [3.8, 4) is 23.0 Å². The molecule has 1 aliphatic rings. The molecule has 1 atom stereocenters. The van der Waals surface area contributed by atoms with Crippen LogP contribution in [-0.4, -0.2) is 59.8 Å². The van der Waals surface area contributed by atoms with Crippen LogP contribution in [0.1, 0.15) is 26.3 Å². The number of aromatic nitrogens is 1. The lowest BCUT2D eigenvalue weighted by molar-refractivity contribution is 0.0832. The standard InChI is InChI=1S/C35H40N4O4/c1-35(2,3)25-7-9-26(10-8-25)37-27-11-13-29(14-12-27)43-32-15-16-36-31-22-34(33(41-5)21-30(31)32)42-24-28(40)23-39-18-6-17-38(4)19-20-39/h6-17,19-22,28,37,40H,18,23-24H2,1-5H3. The normalized spacial score (nSPS) is 14.0. The highest BCUT2D eigenvalue weighted by molar-refractivity contribution is 5.88. The van der Waals surface area contributed by atoms with Crippen molar-refractivity contribution in [2.24, 2.45) is 0 Å². The number of fused-ring (bicyclic) bond motifs is 1. The molecule has 3 aromatic carbocycles. The zero-order chi connectivity index (χ0) is 30.4. The van der Waals surface area contributed by atoms with Crippen molar-refractivity contribution in [3.63, 3.8) is 0 Å². The van der Waals surface area contributed by atoms with Crippen LogP contribution in [0.25, 0.3) is 10.9 Å². The number of hydrogen-bond donors (Lipinski definition) is 2. The fraction of sp³-hybridized carbons (Fsp3) is 0.286. The maximum absolute atomic E-state index is 10.6. The Labute approximate surface area is 253 Å². The zero-order valence-electron chi connectivity index (χ0n) is 25.4. The third kappa shape index (κ3) is 7.78. The molecule has 1 unspecified atom stereocenters. The summed E-state index contributed by atoms with van der Waals surface area (Å²) >= 11 is 0. The van der Waals surface area contributed by atoms with E-state index in [0.717, 1.165) is 16.8 Å². The fourth-order valence-electron chi connectivity index (χ4n) is 4.75. The predicted molar refractivity (Wildman–Crippen MR) is 172 cm³/mol. The number of ether oxygens (including phenoxy) is 3. The molecular formula is C35H40N4O4. The van der Waals surface area contributed by atoms with Crippen LogP contribution in [-0.2, 0) is 5.41 Å². The molecule has 8 nitrogen and oxygen atoms in total. The number of methoxy groups -OCH3 is 1. The SMILES string of the molecule is COc1cc2c(Oc3ccc(Nc4ccc(C(C)(C)C)cc4)cc3)ccnc2cc1OCC(O)CN1C=CN(C)C=CC1. The van der Waals surface area contributed by atoms with E-state index < -0.39 is 6.10 Å². The van der Waals surface area contributed by atoms with Crippen molar-refractivity contribution < 1.29 is 19.3 Å². The minimum atomic E-state index is -0.690. The number of anilines is 2. The molecule has 0 fully saturated rings. The van der Waals surface area contributed by atoms with E-state index >= 15 is 0 Å². The Balaban J connectivity index is 1.24. The molecule has 0 bridgehead atoms. The summed E-state index contributed by atoms with van der Waals surface area (Å²) in [6.07, 6.45) is 8.96. The number of rotatable bonds is 10. The second-order valence-electron chi connectivity index (χ2n) is 11.7. The molecular weight excluding hydrogens is 540 g/mol. The smallest absolute Gasteiger partial charge is 0.163 e. The van der Waals surface area contributed by atoms with Crippen LogP contribution in [0.4, 0.5) is 11.4 Å². The van der Waals surface area contributed by atoms with Crippen molar-refractivity contribution in [1.29, 1.82) is 0 Å². The topological polar surface area (TPSA) is 79.3 Å². The molecule has 0 saturated carbocycles. The van der Waals surface area contributed by atoms with Crippen molar-refractivity contribution in [2.45, 2.75) is 32.3 Å². The van der Waals surface area contributed by atoms with Crippen molar-refractivity contribution in [1.82, 2.24) is 14.8 Å². The zero-order valence-corrected chi connectivity index (χ0v) is 25.4. The quantitative estimate of drug-likeness (QED) is 0.207. The molecule has 0 saturated heterocycles. The lowest BCUT2D eigenvalue weighted by Gasteiger charge is -2.22. The summed E-state index contributed by atoms with van der Waals surface area (Å²) in [6.45, 7) is 7.91. The van der Waals surface area contributed by atoms with Gasteiger partial charge in [0.1, 0.15) is 24.2 Å². The van der Waals surface area contributed by atoms with Crippen LogP contribution in [0.3, 0.4) is 0 Å².